The van der Waals surface area contributed by atoms with Crippen LogP contribution in [0.1, 0.15) is 15.9 Å². The summed E-state index contributed by atoms with van der Waals surface area (Å²) in [5.41, 5.74) is 14.7. The lowest BCUT2D eigenvalue weighted by molar-refractivity contribution is 0.0746. The molecule has 1 aromatic rings. The van der Waals surface area contributed by atoms with Gasteiger partial charge in [-0.2, -0.15) is 0 Å². The Hall–Kier alpha value is -2.79. The van der Waals surface area contributed by atoms with E-state index >= 15 is 0 Å². The van der Waals surface area contributed by atoms with E-state index in [1.165, 1.54) is 12.1 Å². The van der Waals surface area contributed by atoms with Crippen LogP contribution >= 0.6 is 0 Å². The fraction of sp³-hybridized carbons (Fsp3) is 0.100. The van der Waals surface area contributed by atoms with Gasteiger partial charge in [0.2, 0.25) is 0 Å². The number of carbonyl (C=O) groups is 1. The van der Waals surface area contributed by atoms with Gasteiger partial charge in [0.25, 0.3) is 0 Å². The molecule has 0 aromatic heterocycles. The Balaban J connectivity index is 2.79. The summed E-state index contributed by atoms with van der Waals surface area (Å²) in [6, 6.07) is 6.10. The number of carbonyl (C=O) groups excluding carboxylic acids is 1. The zero-order chi connectivity index (χ0) is 13.2. The van der Waals surface area contributed by atoms with E-state index in [0.29, 0.717) is 0 Å². The van der Waals surface area contributed by atoms with Crippen LogP contribution in [0.15, 0.2) is 46.3 Å². The molecule has 0 fully saturated rings. The van der Waals surface area contributed by atoms with Gasteiger partial charge in [0, 0.05) is 21.0 Å². The molecule has 1 aliphatic rings. The monoisotopic (exact) mass is 242 g/mol. The number of rotatable bonds is 2. The molecule has 0 saturated heterocycles. The van der Waals surface area contributed by atoms with Gasteiger partial charge in [0.05, 0.1) is 5.70 Å². The fourth-order valence-corrected chi connectivity index (χ4v) is 1.76. The Kier molecular flexibility index (Phi) is 2.75. The van der Waals surface area contributed by atoms with E-state index in [2.05, 4.69) is 20.1 Å². The van der Waals surface area contributed by atoms with E-state index in [1.807, 2.05) is 0 Å². The maximum Gasteiger partial charge on any atom is 0.197 e. The van der Waals surface area contributed by atoms with Crippen LogP contribution in [0.25, 0.3) is 20.9 Å². The topological polar surface area (TPSA) is 135 Å². The molecule has 0 aliphatic heterocycles. The molecule has 0 radical (unpaired) electrons. The van der Waals surface area contributed by atoms with Gasteiger partial charge in [-0.3, -0.25) is 4.79 Å². The first-order valence-electron chi connectivity index (χ1n) is 4.83. The smallest absolute Gasteiger partial charge is 0.197 e. The molecule has 18 heavy (non-hydrogen) atoms. The first kappa shape index (κ1) is 11.7. The summed E-state index contributed by atoms with van der Waals surface area (Å²) in [5.74, 6) is -0.425. The van der Waals surface area contributed by atoms with Gasteiger partial charge in [-0.1, -0.05) is 29.4 Å². The number of nitrogens with zero attached hydrogens (tertiary/aromatic N) is 6. The van der Waals surface area contributed by atoms with Gasteiger partial charge in [-0.15, -0.1) is 0 Å². The third-order valence-corrected chi connectivity index (χ3v) is 2.53. The molecule has 88 valence electrons. The largest absolute Gasteiger partial charge is 0.375 e. The summed E-state index contributed by atoms with van der Waals surface area (Å²) in [6.07, 6.45) is 0.955. The third kappa shape index (κ3) is 1.59. The van der Waals surface area contributed by atoms with Crippen LogP contribution in [0.4, 0.5) is 0 Å². The molecule has 1 atom stereocenters. The minimum atomic E-state index is -2.16. The number of hydrogen-bond acceptors (Lipinski definition) is 4. The second kappa shape index (κ2) is 4.23. The second-order valence-electron chi connectivity index (χ2n) is 3.49. The summed E-state index contributed by atoms with van der Waals surface area (Å²) in [5, 5.41) is 16.8. The van der Waals surface area contributed by atoms with Crippen molar-refractivity contribution < 1.29 is 9.90 Å². The van der Waals surface area contributed by atoms with Crippen LogP contribution in [0.5, 0.6) is 0 Å². The molecule has 1 aliphatic carbocycles. The van der Waals surface area contributed by atoms with Crippen LogP contribution in [0.3, 0.4) is 0 Å². The van der Waals surface area contributed by atoms with E-state index in [0.717, 1.165) is 6.08 Å². The van der Waals surface area contributed by atoms with E-state index in [9.17, 15) is 9.90 Å². The quantitative estimate of drug-likeness (QED) is 0.484. The predicted octanol–water partition coefficient (Wildman–Crippen LogP) is 2.53. The highest BCUT2D eigenvalue weighted by Crippen LogP contribution is 2.38. The Morgan fingerprint density at radius 2 is 1.94 bits per heavy atom. The number of hydrogen-bond donors (Lipinski definition) is 1. The van der Waals surface area contributed by atoms with Crippen molar-refractivity contribution in [3.8, 4) is 0 Å². The summed E-state index contributed by atoms with van der Waals surface area (Å²) < 4.78 is 0. The minimum absolute atomic E-state index is 0.0951. The third-order valence-electron chi connectivity index (χ3n) is 2.53. The zero-order valence-corrected chi connectivity index (χ0v) is 8.93. The SMILES string of the molecule is [N-]=[N+]=NC1=CC(=O)c2ccccc2C1(O)N=[N+]=[N-]. The normalized spacial score (nSPS) is 21.2. The van der Waals surface area contributed by atoms with Crippen molar-refractivity contribution in [3.63, 3.8) is 0 Å². The highest BCUT2D eigenvalue weighted by molar-refractivity contribution is 6.07. The van der Waals surface area contributed by atoms with Crippen LogP contribution in [-0.2, 0) is 5.72 Å². The van der Waals surface area contributed by atoms with Gasteiger partial charge in [0.1, 0.15) is 0 Å². The molecule has 8 nitrogen and oxygen atoms in total. The van der Waals surface area contributed by atoms with Crippen molar-refractivity contribution in [1.82, 2.24) is 0 Å². The van der Waals surface area contributed by atoms with Gasteiger partial charge in [-0.05, 0) is 22.3 Å². The van der Waals surface area contributed by atoms with Crippen molar-refractivity contribution in [2.45, 2.75) is 5.72 Å². The maximum atomic E-state index is 11.8. The molecule has 1 unspecified atom stereocenters. The molecular weight excluding hydrogens is 236 g/mol. The molecule has 0 heterocycles. The number of aliphatic hydroxyl groups is 1. The fourth-order valence-electron chi connectivity index (χ4n) is 1.76. The average Bonchev–Trinajstić information content (AvgIpc) is 2.37. The van der Waals surface area contributed by atoms with Crippen molar-refractivity contribution in [1.29, 1.82) is 0 Å². The zero-order valence-electron chi connectivity index (χ0n) is 8.93. The molecule has 0 bridgehead atoms. The molecule has 0 spiro atoms. The lowest BCUT2D eigenvalue weighted by Crippen LogP contribution is -2.30. The Morgan fingerprint density at radius 1 is 1.22 bits per heavy atom. The Bertz CT molecular complexity index is 654. The van der Waals surface area contributed by atoms with Crippen molar-refractivity contribution in [2.24, 2.45) is 10.2 Å². The van der Waals surface area contributed by atoms with Crippen LogP contribution in [0, 0.1) is 0 Å². The lowest BCUT2D eigenvalue weighted by Gasteiger charge is -2.28. The number of ketones is 1. The molecule has 2 rings (SSSR count). The molecule has 1 aromatic carbocycles. The summed E-state index contributed by atoms with van der Waals surface area (Å²) in [6.45, 7) is 0. The number of azide groups is 2. The lowest BCUT2D eigenvalue weighted by atomic mass is 9.87. The molecule has 0 amide bonds. The van der Waals surface area contributed by atoms with Gasteiger partial charge >= 0.3 is 0 Å². The summed E-state index contributed by atoms with van der Waals surface area (Å²) in [4.78, 5) is 16.8. The van der Waals surface area contributed by atoms with Crippen molar-refractivity contribution in [3.05, 3.63) is 68.1 Å². The highest BCUT2D eigenvalue weighted by Gasteiger charge is 2.39. The first-order valence-corrected chi connectivity index (χ1v) is 4.83. The number of fused-ring (bicyclic) bond motifs is 1. The summed E-state index contributed by atoms with van der Waals surface area (Å²) >= 11 is 0. The molecular formula is C10H6N6O2. The van der Waals surface area contributed by atoms with Crippen LogP contribution in [0.2, 0.25) is 0 Å². The Morgan fingerprint density at radius 3 is 2.61 bits per heavy atom. The van der Waals surface area contributed by atoms with Gasteiger partial charge in [-0.25, -0.2) is 0 Å². The first-order chi connectivity index (χ1) is 8.63. The van der Waals surface area contributed by atoms with E-state index in [-0.39, 0.29) is 16.8 Å². The minimum Gasteiger partial charge on any atom is -0.375 e. The van der Waals surface area contributed by atoms with E-state index in [1.54, 1.807) is 12.1 Å². The molecule has 0 saturated carbocycles. The highest BCUT2D eigenvalue weighted by atomic mass is 16.3. The Labute approximate surface area is 100 Å². The van der Waals surface area contributed by atoms with Crippen molar-refractivity contribution >= 4 is 5.78 Å². The standard InChI is InChI=1S/C10H6N6O2/c11-15-13-9-5-8(17)6-3-1-2-4-7(6)10(9,18)14-16-12/h1-5,18H. The molecule has 1 N–H and O–H groups in total. The van der Waals surface area contributed by atoms with Crippen LogP contribution in [-0.4, -0.2) is 10.9 Å². The summed E-state index contributed by atoms with van der Waals surface area (Å²) in [7, 11) is 0. The van der Waals surface area contributed by atoms with Gasteiger partial charge < -0.3 is 5.11 Å². The van der Waals surface area contributed by atoms with E-state index < -0.39 is 11.5 Å². The van der Waals surface area contributed by atoms with Crippen LogP contribution < -0.4 is 0 Å². The van der Waals surface area contributed by atoms with Gasteiger partial charge in [0.15, 0.2) is 11.5 Å². The van der Waals surface area contributed by atoms with E-state index in [4.69, 9.17) is 11.1 Å². The predicted molar refractivity (Wildman–Crippen MR) is 61.0 cm³/mol. The number of allylic oxidation sites excluding steroid dienone is 1. The second-order valence-corrected chi connectivity index (χ2v) is 3.49. The number of benzene rings is 1. The molecule has 8 heteroatoms. The average molecular weight is 242 g/mol. The van der Waals surface area contributed by atoms with Crippen molar-refractivity contribution in [2.75, 3.05) is 0 Å². The maximum absolute atomic E-state index is 11.8.